The fraction of sp³-hybridized carbons (Fsp3) is 0.700. The second-order valence-corrected chi connectivity index (χ2v) is 3.73. The first kappa shape index (κ1) is 11.5. The van der Waals surface area contributed by atoms with Crippen molar-refractivity contribution < 1.29 is 0 Å². The lowest BCUT2D eigenvalue weighted by atomic mass is 10.2. The van der Waals surface area contributed by atoms with Gasteiger partial charge < -0.3 is 9.88 Å². The number of hydrogen-bond acceptors (Lipinski definition) is 2. The second-order valence-electron chi connectivity index (χ2n) is 3.42. The summed E-state index contributed by atoms with van der Waals surface area (Å²) in [6, 6.07) is 0.428. The minimum atomic E-state index is 0.428. The molecule has 1 heterocycles. The molecule has 1 unspecified atom stereocenters. The van der Waals surface area contributed by atoms with Crippen molar-refractivity contribution in [3.05, 3.63) is 18.2 Å². The fourth-order valence-electron chi connectivity index (χ4n) is 1.33. The van der Waals surface area contributed by atoms with Gasteiger partial charge in [-0.2, -0.15) is 0 Å². The predicted molar refractivity (Wildman–Crippen MR) is 59.7 cm³/mol. The number of hydrogen-bond donors (Lipinski definition) is 1. The highest BCUT2D eigenvalue weighted by molar-refractivity contribution is 6.18. The maximum atomic E-state index is 5.78. The average Bonchev–Trinajstić information content (AvgIpc) is 2.59. The van der Waals surface area contributed by atoms with Crippen LogP contribution in [0.1, 0.15) is 19.2 Å². The van der Waals surface area contributed by atoms with Gasteiger partial charge in [0.25, 0.3) is 0 Å². The molecule has 1 N–H and O–H groups in total. The van der Waals surface area contributed by atoms with Gasteiger partial charge in [0.05, 0.1) is 0 Å². The molecule has 1 rings (SSSR count). The monoisotopic (exact) mass is 215 g/mol. The van der Waals surface area contributed by atoms with Gasteiger partial charge in [-0.25, -0.2) is 4.98 Å². The molecular weight excluding hydrogens is 198 g/mol. The molecule has 14 heavy (non-hydrogen) atoms. The Bertz CT molecular complexity index is 256. The van der Waals surface area contributed by atoms with Crippen LogP contribution in [0.25, 0.3) is 0 Å². The van der Waals surface area contributed by atoms with E-state index in [1.165, 1.54) is 0 Å². The van der Waals surface area contributed by atoms with Crippen LogP contribution in [-0.2, 0) is 13.5 Å². The first-order chi connectivity index (χ1) is 6.77. The number of nitrogens with zero attached hydrogens (tertiary/aromatic N) is 2. The average molecular weight is 216 g/mol. The molecule has 0 aliphatic carbocycles. The zero-order chi connectivity index (χ0) is 10.4. The highest BCUT2D eigenvalue weighted by atomic mass is 35.5. The van der Waals surface area contributed by atoms with Crippen LogP contribution in [0.3, 0.4) is 0 Å². The van der Waals surface area contributed by atoms with E-state index in [9.17, 15) is 0 Å². The lowest BCUT2D eigenvalue weighted by Crippen LogP contribution is -2.32. The van der Waals surface area contributed by atoms with Gasteiger partial charge in [-0.05, 0) is 6.42 Å². The lowest BCUT2D eigenvalue weighted by Gasteiger charge is -2.13. The molecule has 0 aromatic carbocycles. The molecular formula is C10H18ClN3. The number of aromatic nitrogens is 2. The van der Waals surface area contributed by atoms with E-state index in [-0.39, 0.29) is 0 Å². The first-order valence-corrected chi connectivity index (χ1v) is 5.57. The van der Waals surface area contributed by atoms with E-state index in [4.69, 9.17) is 11.6 Å². The third-order valence-electron chi connectivity index (χ3n) is 2.38. The van der Waals surface area contributed by atoms with Crippen molar-refractivity contribution in [3.8, 4) is 0 Å². The molecule has 80 valence electrons. The van der Waals surface area contributed by atoms with Crippen LogP contribution < -0.4 is 5.32 Å². The Labute approximate surface area is 90.5 Å². The minimum absolute atomic E-state index is 0.428. The molecule has 4 heteroatoms. The van der Waals surface area contributed by atoms with E-state index in [1.54, 1.807) is 0 Å². The van der Waals surface area contributed by atoms with Crippen molar-refractivity contribution in [1.82, 2.24) is 14.9 Å². The molecule has 0 aliphatic heterocycles. The van der Waals surface area contributed by atoms with Crippen molar-refractivity contribution >= 4 is 11.6 Å². The number of halogens is 1. The number of rotatable bonds is 6. The van der Waals surface area contributed by atoms with Gasteiger partial charge in [-0.15, -0.1) is 11.6 Å². The molecule has 0 spiro atoms. The third kappa shape index (κ3) is 3.31. The van der Waals surface area contributed by atoms with Gasteiger partial charge in [-0.1, -0.05) is 6.92 Å². The van der Waals surface area contributed by atoms with Crippen molar-refractivity contribution in [2.24, 2.45) is 7.05 Å². The van der Waals surface area contributed by atoms with Gasteiger partial charge in [0, 0.05) is 44.3 Å². The van der Waals surface area contributed by atoms with E-state index in [1.807, 2.05) is 24.0 Å². The van der Waals surface area contributed by atoms with Gasteiger partial charge in [0.15, 0.2) is 0 Å². The molecule has 1 atom stereocenters. The number of alkyl halides is 1. The molecule has 0 amide bonds. The summed E-state index contributed by atoms with van der Waals surface area (Å²) in [6.07, 6.45) is 5.82. The summed E-state index contributed by atoms with van der Waals surface area (Å²) in [5.74, 6) is 1.79. The van der Waals surface area contributed by atoms with Crippen LogP contribution in [0.4, 0.5) is 0 Å². The minimum Gasteiger partial charge on any atom is -0.338 e. The van der Waals surface area contributed by atoms with Crippen LogP contribution in [0.5, 0.6) is 0 Å². The van der Waals surface area contributed by atoms with Crippen molar-refractivity contribution in [3.63, 3.8) is 0 Å². The maximum Gasteiger partial charge on any atom is 0.109 e. The molecule has 3 nitrogen and oxygen atoms in total. The summed E-state index contributed by atoms with van der Waals surface area (Å²) in [5, 5.41) is 3.40. The van der Waals surface area contributed by atoms with Crippen LogP contribution in [-0.4, -0.2) is 28.0 Å². The Morgan fingerprint density at radius 3 is 2.93 bits per heavy atom. The Morgan fingerprint density at radius 1 is 1.64 bits per heavy atom. The highest BCUT2D eigenvalue weighted by Crippen LogP contribution is 1.97. The molecule has 1 aromatic heterocycles. The molecule has 0 bridgehead atoms. The van der Waals surface area contributed by atoms with Gasteiger partial charge in [-0.3, -0.25) is 0 Å². The number of aryl methyl sites for hydroxylation is 1. The molecule has 0 saturated heterocycles. The Kier molecular flexibility index (Phi) is 4.98. The Balaban J connectivity index is 2.24. The largest absolute Gasteiger partial charge is 0.338 e. The van der Waals surface area contributed by atoms with Gasteiger partial charge >= 0.3 is 0 Å². The summed E-state index contributed by atoms with van der Waals surface area (Å²) in [6.45, 7) is 3.08. The Hall–Kier alpha value is -0.540. The van der Waals surface area contributed by atoms with E-state index in [0.717, 1.165) is 25.2 Å². The normalized spacial score (nSPS) is 13.1. The SMILES string of the molecule is CCC(CCl)NCCc1nccn1C. The zero-order valence-corrected chi connectivity index (χ0v) is 9.59. The Morgan fingerprint density at radius 2 is 2.43 bits per heavy atom. The molecule has 0 saturated carbocycles. The zero-order valence-electron chi connectivity index (χ0n) is 8.83. The van der Waals surface area contributed by atoms with E-state index < -0.39 is 0 Å². The van der Waals surface area contributed by atoms with E-state index in [2.05, 4.69) is 17.2 Å². The summed E-state index contributed by atoms with van der Waals surface area (Å²) in [7, 11) is 2.02. The number of nitrogens with one attached hydrogen (secondary N) is 1. The topological polar surface area (TPSA) is 29.9 Å². The van der Waals surface area contributed by atoms with Gasteiger partial charge in [0.1, 0.15) is 5.82 Å². The molecule has 1 aromatic rings. The summed E-state index contributed by atoms with van der Waals surface area (Å²) in [4.78, 5) is 4.25. The summed E-state index contributed by atoms with van der Waals surface area (Å²) >= 11 is 5.78. The highest BCUT2D eigenvalue weighted by Gasteiger charge is 2.04. The van der Waals surface area contributed by atoms with Crippen LogP contribution in [0.15, 0.2) is 12.4 Å². The maximum absolute atomic E-state index is 5.78. The standard InChI is InChI=1S/C10H18ClN3/c1-3-9(8-11)12-5-4-10-13-6-7-14(10)2/h6-7,9,12H,3-5,8H2,1-2H3. The van der Waals surface area contributed by atoms with Crippen molar-refractivity contribution in [1.29, 1.82) is 0 Å². The van der Waals surface area contributed by atoms with Crippen LogP contribution >= 0.6 is 11.6 Å². The first-order valence-electron chi connectivity index (χ1n) is 5.03. The smallest absolute Gasteiger partial charge is 0.109 e. The fourth-order valence-corrected chi connectivity index (χ4v) is 1.66. The summed E-state index contributed by atoms with van der Waals surface area (Å²) in [5.41, 5.74) is 0. The summed E-state index contributed by atoms with van der Waals surface area (Å²) < 4.78 is 2.04. The van der Waals surface area contributed by atoms with E-state index in [0.29, 0.717) is 11.9 Å². The third-order valence-corrected chi connectivity index (χ3v) is 2.75. The van der Waals surface area contributed by atoms with Crippen molar-refractivity contribution in [2.75, 3.05) is 12.4 Å². The molecule has 0 radical (unpaired) electrons. The van der Waals surface area contributed by atoms with E-state index >= 15 is 0 Å². The number of imidazole rings is 1. The van der Waals surface area contributed by atoms with Crippen molar-refractivity contribution in [2.45, 2.75) is 25.8 Å². The van der Waals surface area contributed by atoms with Crippen LogP contribution in [0.2, 0.25) is 0 Å². The predicted octanol–water partition coefficient (Wildman–Crippen LogP) is 1.57. The molecule has 0 aliphatic rings. The van der Waals surface area contributed by atoms with Gasteiger partial charge in [0.2, 0.25) is 0 Å². The molecule has 0 fully saturated rings. The van der Waals surface area contributed by atoms with Crippen LogP contribution in [0, 0.1) is 0 Å². The quantitative estimate of drug-likeness (QED) is 0.731. The second kappa shape index (κ2) is 6.04. The lowest BCUT2D eigenvalue weighted by molar-refractivity contribution is 0.534.